The Morgan fingerprint density at radius 1 is 1.11 bits per heavy atom. The van der Waals surface area contributed by atoms with Crippen LogP contribution in [0, 0.1) is 11.3 Å². The van der Waals surface area contributed by atoms with Gasteiger partial charge >= 0.3 is 0 Å². The number of hydrogen-bond donors (Lipinski definition) is 0. The van der Waals surface area contributed by atoms with Gasteiger partial charge in [0.1, 0.15) is 6.07 Å². The van der Waals surface area contributed by atoms with Crippen molar-refractivity contribution in [2.75, 3.05) is 18.6 Å². The van der Waals surface area contributed by atoms with Crippen LogP contribution in [0.1, 0.15) is 49.1 Å². The van der Waals surface area contributed by atoms with Crippen LogP contribution in [0.2, 0.25) is 0 Å². The molecule has 1 saturated heterocycles. The van der Waals surface area contributed by atoms with Crippen LogP contribution in [0.4, 0.5) is 5.69 Å². The predicted molar refractivity (Wildman–Crippen MR) is 107 cm³/mol. The number of hydrogen-bond acceptors (Lipinski definition) is 4. The van der Waals surface area contributed by atoms with E-state index >= 15 is 0 Å². The summed E-state index contributed by atoms with van der Waals surface area (Å²) in [5.74, 6) is 1.60. The number of ether oxygens (including phenoxy) is 2. The normalized spacial score (nSPS) is 19.6. The van der Waals surface area contributed by atoms with Gasteiger partial charge in [0.15, 0.2) is 11.5 Å². The largest absolute Gasteiger partial charge is 0.493 e. The lowest BCUT2D eigenvalue weighted by molar-refractivity contribution is -0.117. The van der Waals surface area contributed by atoms with E-state index in [1.165, 1.54) is 12.8 Å². The first-order valence-electron chi connectivity index (χ1n) is 9.83. The summed E-state index contributed by atoms with van der Waals surface area (Å²) in [5.41, 5.74) is 2.28. The second kappa shape index (κ2) is 7.93. The number of nitriles is 1. The van der Waals surface area contributed by atoms with Crippen molar-refractivity contribution in [2.24, 2.45) is 0 Å². The van der Waals surface area contributed by atoms with Crippen LogP contribution in [-0.4, -0.2) is 25.7 Å². The first-order valence-corrected chi connectivity index (χ1v) is 9.83. The number of nitrogens with zero attached hydrogens (tertiary/aromatic N) is 2. The summed E-state index contributed by atoms with van der Waals surface area (Å²) in [7, 11) is 1.65. The molecule has 1 heterocycles. The average Bonchev–Trinajstić information content (AvgIpc) is 3.37. The Kier molecular flexibility index (Phi) is 5.21. The maximum Gasteiger partial charge on any atom is 0.227 e. The highest BCUT2D eigenvalue weighted by Gasteiger charge is 2.33. The standard InChI is InChI=1S/C23H24N2O3/c1-27-21-11-10-16(12-22(21)28-19-7-3-4-8-19)18-13-23(26)25(15-18)20-9-5-2-6-17(20)14-24/h2,5-6,9-12,18-19H,3-4,7-8,13,15H2,1H3/t18-/m0/s1. The minimum absolute atomic E-state index is 0.0433. The lowest BCUT2D eigenvalue weighted by Crippen LogP contribution is -2.25. The fraction of sp³-hybridized carbons (Fsp3) is 0.391. The summed E-state index contributed by atoms with van der Waals surface area (Å²) >= 11 is 0. The van der Waals surface area contributed by atoms with E-state index in [-0.39, 0.29) is 17.9 Å². The van der Waals surface area contributed by atoms with Crippen LogP contribution >= 0.6 is 0 Å². The van der Waals surface area contributed by atoms with Crippen LogP contribution in [0.5, 0.6) is 11.5 Å². The molecule has 1 atom stereocenters. The first-order chi connectivity index (χ1) is 13.7. The Balaban J connectivity index is 1.57. The molecule has 2 fully saturated rings. The van der Waals surface area contributed by atoms with Crippen LogP contribution in [0.25, 0.3) is 0 Å². The predicted octanol–water partition coefficient (Wildman–Crippen LogP) is 4.41. The molecule has 1 saturated carbocycles. The number of carbonyl (C=O) groups is 1. The monoisotopic (exact) mass is 376 g/mol. The molecule has 2 aromatic rings. The highest BCUT2D eigenvalue weighted by molar-refractivity contribution is 5.97. The van der Waals surface area contributed by atoms with Crippen molar-refractivity contribution >= 4 is 11.6 Å². The van der Waals surface area contributed by atoms with Crippen molar-refractivity contribution in [3.05, 3.63) is 53.6 Å². The molecule has 0 bridgehead atoms. The fourth-order valence-corrected chi connectivity index (χ4v) is 4.19. The molecule has 0 unspecified atom stereocenters. The van der Waals surface area contributed by atoms with Gasteiger partial charge in [-0.1, -0.05) is 18.2 Å². The van der Waals surface area contributed by atoms with E-state index in [0.717, 1.165) is 29.9 Å². The zero-order valence-corrected chi connectivity index (χ0v) is 16.1. The molecule has 2 aromatic carbocycles. The van der Waals surface area contributed by atoms with Gasteiger partial charge in [0.05, 0.1) is 24.5 Å². The maximum atomic E-state index is 12.7. The van der Waals surface area contributed by atoms with Gasteiger partial charge < -0.3 is 14.4 Å². The molecule has 1 aliphatic heterocycles. The van der Waals surface area contributed by atoms with E-state index in [2.05, 4.69) is 6.07 Å². The summed E-state index contributed by atoms with van der Waals surface area (Å²) in [6, 6.07) is 15.4. The van der Waals surface area contributed by atoms with Crippen LogP contribution < -0.4 is 14.4 Å². The van der Waals surface area contributed by atoms with Crippen molar-refractivity contribution in [3.63, 3.8) is 0 Å². The molecule has 0 aromatic heterocycles. The van der Waals surface area contributed by atoms with E-state index in [1.54, 1.807) is 18.1 Å². The molecule has 1 aliphatic carbocycles. The van der Waals surface area contributed by atoms with Gasteiger partial charge in [-0.2, -0.15) is 5.26 Å². The number of benzene rings is 2. The van der Waals surface area contributed by atoms with E-state index in [0.29, 0.717) is 24.2 Å². The Labute approximate surface area is 165 Å². The number of anilines is 1. The highest BCUT2D eigenvalue weighted by atomic mass is 16.5. The molecule has 0 radical (unpaired) electrons. The van der Waals surface area contributed by atoms with Gasteiger partial charge in [0.2, 0.25) is 5.91 Å². The molecule has 5 heteroatoms. The van der Waals surface area contributed by atoms with Crippen molar-refractivity contribution in [2.45, 2.75) is 44.1 Å². The van der Waals surface area contributed by atoms with Crippen LogP contribution in [0.3, 0.4) is 0 Å². The van der Waals surface area contributed by atoms with Gasteiger partial charge in [0.25, 0.3) is 0 Å². The molecule has 5 nitrogen and oxygen atoms in total. The zero-order valence-electron chi connectivity index (χ0n) is 16.1. The molecule has 4 rings (SSSR count). The van der Waals surface area contributed by atoms with Gasteiger partial charge in [-0.3, -0.25) is 4.79 Å². The van der Waals surface area contributed by atoms with Crippen molar-refractivity contribution in [1.29, 1.82) is 5.26 Å². The quantitative estimate of drug-likeness (QED) is 0.775. The summed E-state index contributed by atoms with van der Waals surface area (Å²) in [4.78, 5) is 14.4. The SMILES string of the molecule is COc1ccc([C@H]2CC(=O)N(c3ccccc3C#N)C2)cc1OC1CCCC1. The number of para-hydroxylation sites is 1. The Morgan fingerprint density at radius 3 is 2.64 bits per heavy atom. The molecule has 144 valence electrons. The number of methoxy groups -OCH3 is 1. The first kappa shape index (κ1) is 18.4. The van der Waals surface area contributed by atoms with Gasteiger partial charge in [-0.05, 0) is 55.5 Å². The van der Waals surface area contributed by atoms with Crippen LogP contribution in [0.15, 0.2) is 42.5 Å². The van der Waals surface area contributed by atoms with Crippen LogP contribution in [-0.2, 0) is 4.79 Å². The van der Waals surface area contributed by atoms with Crippen molar-refractivity contribution in [1.82, 2.24) is 0 Å². The van der Waals surface area contributed by atoms with E-state index in [9.17, 15) is 10.1 Å². The molecular weight excluding hydrogens is 352 g/mol. The molecule has 0 spiro atoms. The maximum absolute atomic E-state index is 12.7. The highest BCUT2D eigenvalue weighted by Crippen LogP contribution is 2.38. The summed E-state index contributed by atoms with van der Waals surface area (Å²) in [6.45, 7) is 0.562. The van der Waals surface area contributed by atoms with Gasteiger partial charge in [-0.25, -0.2) is 0 Å². The summed E-state index contributed by atoms with van der Waals surface area (Å²) in [6.07, 6.45) is 5.24. The number of carbonyl (C=O) groups excluding carboxylic acids is 1. The average molecular weight is 376 g/mol. The Hall–Kier alpha value is -3.00. The van der Waals surface area contributed by atoms with E-state index < -0.39 is 0 Å². The molecule has 28 heavy (non-hydrogen) atoms. The Bertz CT molecular complexity index is 912. The minimum Gasteiger partial charge on any atom is -0.493 e. The lowest BCUT2D eigenvalue weighted by Gasteiger charge is -2.20. The smallest absolute Gasteiger partial charge is 0.227 e. The number of amides is 1. The topological polar surface area (TPSA) is 62.6 Å². The second-order valence-corrected chi connectivity index (χ2v) is 7.47. The van der Waals surface area contributed by atoms with E-state index in [1.807, 2.05) is 36.4 Å². The third-order valence-corrected chi connectivity index (χ3v) is 5.70. The third kappa shape index (κ3) is 3.55. The van der Waals surface area contributed by atoms with Gasteiger partial charge in [-0.15, -0.1) is 0 Å². The third-order valence-electron chi connectivity index (χ3n) is 5.70. The zero-order chi connectivity index (χ0) is 19.5. The summed E-state index contributed by atoms with van der Waals surface area (Å²) in [5, 5.41) is 9.36. The second-order valence-electron chi connectivity index (χ2n) is 7.47. The van der Waals surface area contributed by atoms with Crippen molar-refractivity contribution in [3.8, 4) is 17.6 Å². The molecule has 2 aliphatic rings. The number of rotatable bonds is 5. The minimum atomic E-state index is 0.0433. The van der Waals surface area contributed by atoms with Gasteiger partial charge in [0, 0.05) is 18.9 Å². The Morgan fingerprint density at radius 2 is 1.89 bits per heavy atom. The lowest BCUT2D eigenvalue weighted by atomic mass is 9.98. The van der Waals surface area contributed by atoms with Crippen molar-refractivity contribution < 1.29 is 14.3 Å². The molecule has 0 N–H and O–H groups in total. The fourth-order valence-electron chi connectivity index (χ4n) is 4.19. The summed E-state index contributed by atoms with van der Waals surface area (Å²) < 4.78 is 11.7. The van der Waals surface area contributed by atoms with E-state index in [4.69, 9.17) is 9.47 Å². The molecule has 1 amide bonds. The molecular formula is C23H24N2O3.